The molecule has 0 atom stereocenters. The third-order valence-corrected chi connectivity index (χ3v) is 1.87. The molecule has 0 aromatic heterocycles. The van der Waals surface area contributed by atoms with E-state index in [0.29, 0.717) is 5.75 Å². The number of benzene rings is 1. The molecule has 0 heterocycles. The average Bonchev–Trinajstić information content (AvgIpc) is 2.16. The molecule has 16 heavy (non-hydrogen) atoms. The van der Waals surface area contributed by atoms with Crippen molar-refractivity contribution in [3.63, 3.8) is 0 Å². The Labute approximate surface area is 95.7 Å². The average molecular weight is 220 g/mol. The molecule has 0 bridgehead atoms. The first-order valence-corrected chi connectivity index (χ1v) is 5.04. The number of carbonyl (C=O) groups excluding carboxylic acids is 1. The molecule has 86 valence electrons. The largest absolute Gasteiger partial charge is 0.453 e. The van der Waals surface area contributed by atoms with Gasteiger partial charge in [0.05, 0.1) is 0 Å². The molecule has 0 aliphatic rings. The minimum absolute atomic E-state index is 0.368. The number of hydrogen-bond acceptors (Lipinski definition) is 3. The van der Waals surface area contributed by atoms with E-state index in [1.807, 2.05) is 24.3 Å². The molecule has 0 fully saturated rings. The Morgan fingerprint density at radius 3 is 2.31 bits per heavy atom. The quantitative estimate of drug-likeness (QED) is 0.578. The van der Waals surface area contributed by atoms with Crippen molar-refractivity contribution in [1.82, 2.24) is 0 Å². The van der Waals surface area contributed by atoms with Crippen LogP contribution < -0.4 is 4.74 Å². The maximum Gasteiger partial charge on any atom is 0.305 e. The normalized spacial score (nSPS) is 10.7. The third kappa shape index (κ3) is 3.77. The first-order chi connectivity index (χ1) is 7.43. The van der Waals surface area contributed by atoms with Crippen LogP contribution in [-0.4, -0.2) is 11.8 Å². The lowest BCUT2D eigenvalue weighted by Gasteiger charge is -2.25. The fourth-order valence-electron chi connectivity index (χ4n) is 1.32. The van der Waals surface area contributed by atoms with Crippen LogP contribution in [0.2, 0.25) is 0 Å². The molecule has 0 unspecified atom stereocenters. The minimum atomic E-state index is -0.957. The fourth-order valence-corrected chi connectivity index (χ4v) is 1.32. The van der Waals surface area contributed by atoms with E-state index in [0.717, 1.165) is 5.56 Å². The maximum atomic E-state index is 10.8. The van der Waals surface area contributed by atoms with Gasteiger partial charge in [0, 0.05) is 20.8 Å². The van der Waals surface area contributed by atoms with Gasteiger partial charge in [-0.1, -0.05) is 24.8 Å². The molecular formula is C13H16O3. The summed E-state index contributed by atoms with van der Waals surface area (Å²) in [6, 6.07) is 7.38. The van der Waals surface area contributed by atoms with Crippen molar-refractivity contribution in [3.05, 3.63) is 36.4 Å². The highest BCUT2D eigenvalue weighted by atomic mass is 16.7. The van der Waals surface area contributed by atoms with E-state index in [9.17, 15) is 4.79 Å². The lowest BCUT2D eigenvalue weighted by atomic mass is 10.2. The van der Waals surface area contributed by atoms with E-state index in [1.165, 1.54) is 6.92 Å². The summed E-state index contributed by atoms with van der Waals surface area (Å²) in [7, 11) is 0. The standard InChI is InChI=1S/C13H16O3/c1-5-11-6-8-12(9-7-11)16-13(3,4)15-10(2)14/h5-9H,1H2,2-4H3. The van der Waals surface area contributed by atoms with Gasteiger partial charge in [-0.3, -0.25) is 4.79 Å². The summed E-state index contributed by atoms with van der Waals surface area (Å²) in [5, 5.41) is 0. The minimum Gasteiger partial charge on any atom is -0.453 e. The van der Waals surface area contributed by atoms with Crippen LogP contribution >= 0.6 is 0 Å². The van der Waals surface area contributed by atoms with Crippen LogP contribution in [0.25, 0.3) is 6.08 Å². The summed E-state index contributed by atoms with van der Waals surface area (Å²) < 4.78 is 10.6. The van der Waals surface area contributed by atoms with Crippen LogP contribution in [0.3, 0.4) is 0 Å². The van der Waals surface area contributed by atoms with Gasteiger partial charge >= 0.3 is 5.97 Å². The predicted molar refractivity (Wildman–Crippen MR) is 63.0 cm³/mol. The van der Waals surface area contributed by atoms with Crippen molar-refractivity contribution < 1.29 is 14.3 Å². The van der Waals surface area contributed by atoms with Gasteiger partial charge in [0.15, 0.2) is 0 Å². The van der Waals surface area contributed by atoms with Crippen LogP contribution in [0, 0.1) is 0 Å². The SMILES string of the molecule is C=Cc1ccc(OC(C)(C)OC(C)=O)cc1. The van der Waals surface area contributed by atoms with Gasteiger partial charge in [-0.05, 0) is 17.7 Å². The Morgan fingerprint density at radius 1 is 1.31 bits per heavy atom. The third-order valence-electron chi connectivity index (χ3n) is 1.87. The molecule has 0 aliphatic heterocycles. The van der Waals surface area contributed by atoms with Gasteiger partial charge in [0.2, 0.25) is 5.79 Å². The molecule has 3 nitrogen and oxygen atoms in total. The molecule has 0 N–H and O–H groups in total. The zero-order chi connectivity index (χ0) is 12.2. The Kier molecular flexibility index (Phi) is 3.72. The Bertz CT molecular complexity index is 377. The lowest BCUT2D eigenvalue weighted by molar-refractivity contribution is -0.183. The molecule has 1 rings (SSSR count). The molecule has 3 heteroatoms. The second-order valence-corrected chi connectivity index (χ2v) is 3.87. The first-order valence-electron chi connectivity index (χ1n) is 5.04. The monoisotopic (exact) mass is 220 g/mol. The van der Waals surface area contributed by atoms with Gasteiger partial charge in [0.1, 0.15) is 5.75 Å². The van der Waals surface area contributed by atoms with Crippen molar-refractivity contribution in [3.8, 4) is 5.75 Å². The summed E-state index contributed by atoms with van der Waals surface area (Å²) >= 11 is 0. The maximum absolute atomic E-state index is 10.8. The predicted octanol–water partition coefficient (Wildman–Crippen LogP) is 3.01. The number of ether oxygens (including phenoxy) is 2. The molecule has 0 radical (unpaired) electrons. The highest BCUT2D eigenvalue weighted by Gasteiger charge is 2.22. The van der Waals surface area contributed by atoms with Gasteiger partial charge in [-0.2, -0.15) is 0 Å². The van der Waals surface area contributed by atoms with Crippen LogP contribution in [-0.2, 0) is 9.53 Å². The number of hydrogen-bond donors (Lipinski definition) is 0. The Morgan fingerprint density at radius 2 is 1.88 bits per heavy atom. The van der Waals surface area contributed by atoms with Crippen LogP contribution in [0.1, 0.15) is 26.3 Å². The van der Waals surface area contributed by atoms with E-state index in [2.05, 4.69) is 6.58 Å². The molecule has 0 amide bonds. The molecule has 1 aromatic rings. The van der Waals surface area contributed by atoms with Crippen LogP contribution in [0.4, 0.5) is 0 Å². The van der Waals surface area contributed by atoms with Gasteiger partial charge in [0.25, 0.3) is 0 Å². The first kappa shape index (κ1) is 12.3. The molecule has 0 saturated carbocycles. The zero-order valence-corrected chi connectivity index (χ0v) is 9.82. The van der Waals surface area contributed by atoms with Crippen LogP contribution in [0.15, 0.2) is 30.8 Å². The van der Waals surface area contributed by atoms with E-state index >= 15 is 0 Å². The summed E-state index contributed by atoms with van der Waals surface area (Å²) in [5.74, 6) is -0.675. The zero-order valence-electron chi connectivity index (χ0n) is 9.82. The van der Waals surface area contributed by atoms with Gasteiger partial charge in [-0.15, -0.1) is 0 Å². The summed E-state index contributed by atoms with van der Waals surface area (Å²) in [5.41, 5.74) is 1.01. The van der Waals surface area contributed by atoms with E-state index in [-0.39, 0.29) is 5.97 Å². The van der Waals surface area contributed by atoms with Crippen LogP contribution in [0.5, 0.6) is 5.75 Å². The number of esters is 1. The second-order valence-electron chi connectivity index (χ2n) is 3.87. The molecule has 0 aliphatic carbocycles. The lowest BCUT2D eigenvalue weighted by Crippen LogP contribution is -2.33. The highest BCUT2D eigenvalue weighted by molar-refractivity contribution is 5.66. The summed E-state index contributed by atoms with van der Waals surface area (Å²) in [4.78, 5) is 10.8. The molecular weight excluding hydrogens is 204 g/mol. The summed E-state index contributed by atoms with van der Waals surface area (Å²) in [6.45, 7) is 8.40. The van der Waals surface area contributed by atoms with Crippen molar-refractivity contribution in [1.29, 1.82) is 0 Å². The van der Waals surface area contributed by atoms with Crippen molar-refractivity contribution in [2.75, 3.05) is 0 Å². The molecule has 0 saturated heterocycles. The summed E-state index contributed by atoms with van der Waals surface area (Å²) in [6.07, 6.45) is 1.75. The number of carbonyl (C=O) groups is 1. The van der Waals surface area contributed by atoms with E-state index in [4.69, 9.17) is 9.47 Å². The van der Waals surface area contributed by atoms with E-state index in [1.54, 1.807) is 19.9 Å². The fraction of sp³-hybridized carbons (Fsp3) is 0.308. The highest BCUT2D eigenvalue weighted by Crippen LogP contribution is 2.20. The Balaban J connectivity index is 2.71. The van der Waals surface area contributed by atoms with Crippen molar-refractivity contribution in [2.45, 2.75) is 26.6 Å². The van der Waals surface area contributed by atoms with Gasteiger partial charge in [-0.25, -0.2) is 0 Å². The number of rotatable bonds is 4. The molecule has 0 spiro atoms. The van der Waals surface area contributed by atoms with Crippen molar-refractivity contribution >= 4 is 12.0 Å². The van der Waals surface area contributed by atoms with Gasteiger partial charge < -0.3 is 9.47 Å². The topological polar surface area (TPSA) is 35.5 Å². The Hall–Kier alpha value is -1.77. The smallest absolute Gasteiger partial charge is 0.305 e. The molecule has 1 aromatic carbocycles. The van der Waals surface area contributed by atoms with Crippen molar-refractivity contribution in [2.24, 2.45) is 0 Å². The van der Waals surface area contributed by atoms with E-state index < -0.39 is 5.79 Å². The second kappa shape index (κ2) is 4.84.